The third-order valence-electron chi connectivity index (χ3n) is 1.44. The highest BCUT2D eigenvalue weighted by Gasteiger charge is 2.32. The zero-order chi connectivity index (χ0) is 11.3. The van der Waals surface area contributed by atoms with Gasteiger partial charge >= 0.3 is 6.18 Å². The van der Waals surface area contributed by atoms with Gasteiger partial charge in [0, 0.05) is 0 Å². The molecular formula is C10H6F3NO. The van der Waals surface area contributed by atoms with Gasteiger partial charge in [-0.25, -0.2) is 4.98 Å². The van der Waals surface area contributed by atoms with Crippen LogP contribution in [-0.2, 0) is 11.0 Å². The van der Waals surface area contributed by atoms with Gasteiger partial charge in [0.25, 0.3) is 0 Å². The molecule has 78 valence electrons. The van der Waals surface area contributed by atoms with Gasteiger partial charge in [0.2, 0.25) is 0 Å². The lowest BCUT2D eigenvalue weighted by atomic mass is 10.3. The number of hydrogen-bond acceptors (Lipinski definition) is 2. The molecule has 1 aromatic rings. The van der Waals surface area contributed by atoms with Crippen LogP contribution in [0, 0.1) is 11.8 Å². The molecule has 1 rings (SSSR count). The highest BCUT2D eigenvalue weighted by atomic mass is 19.4. The number of rotatable bonds is 1. The minimum Gasteiger partial charge on any atom is -0.302 e. The number of aromatic nitrogens is 1. The Hall–Kier alpha value is -1.83. The van der Waals surface area contributed by atoms with Crippen LogP contribution in [0.5, 0.6) is 0 Å². The Balaban J connectivity index is 2.94. The van der Waals surface area contributed by atoms with Crippen LogP contribution < -0.4 is 0 Å². The van der Waals surface area contributed by atoms with Crippen molar-refractivity contribution in [2.75, 3.05) is 0 Å². The molecule has 0 bridgehead atoms. The standard InChI is InChI=1S/C10H6F3NO/c11-10(12,13)9-6-3-5-8(14-9)4-1-2-7-15/h3,5-7H,2H2. The van der Waals surface area contributed by atoms with E-state index in [2.05, 4.69) is 16.8 Å². The second-order valence-electron chi connectivity index (χ2n) is 2.58. The van der Waals surface area contributed by atoms with Crippen LogP contribution in [0.2, 0.25) is 0 Å². The SMILES string of the molecule is O=CCC#Cc1cccc(C(F)(F)F)n1. The summed E-state index contributed by atoms with van der Waals surface area (Å²) in [4.78, 5) is 13.2. The topological polar surface area (TPSA) is 30.0 Å². The summed E-state index contributed by atoms with van der Waals surface area (Å²) in [5.74, 6) is 4.75. The van der Waals surface area contributed by atoms with Crippen molar-refractivity contribution in [3.05, 3.63) is 29.6 Å². The molecule has 0 radical (unpaired) electrons. The van der Waals surface area contributed by atoms with Gasteiger partial charge in [-0.15, -0.1) is 0 Å². The number of alkyl halides is 3. The zero-order valence-electron chi connectivity index (χ0n) is 7.51. The molecule has 0 saturated carbocycles. The molecule has 0 N–H and O–H groups in total. The lowest BCUT2D eigenvalue weighted by Crippen LogP contribution is -2.08. The van der Waals surface area contributed by atoms with Gasteiger partial charge in [-0.3, -0.25) is 0 Å². The highest BCUT2D eigenvalue weighted by molar-refractivity contribution is 5.54. The quantitative estimate of drug-likeness (QED) is 0.527. The molecule has 5 heteroatoms. The summed E-state index contributed by atoms with van der Waals surface area (Å²) in [6, 6.07) is 3.44. The van der Waals surface area contributed by atoms with Crippen LogP contribution in [0.3, 0.4) is 0 Å². The molecule has 0 unspecified atom stereocenters. The molecular weight excluding hydrogens is 207 g/mol. The molecule has 0 spiro atoms. The van der Waals surface area contributed by atoms with Crippen LogP contribution in [0.15, 0.2) is 18.2 Å². The first-order valence-corrected chi connectivity index (χ1v) is 4.01. The van der Waals surface area contributed by atoms with Crippen LogP contribution >= 0.6 is 0 Å². The fourth-order valence-electron chi connectivity index (χ4n) is 0.845. The fraction of sp³-hybridized carbons (Fsp3) is 0.200. The maximum Gasteiger partial charge on any atom is 0.433 e. The van der Waals surface area contributed by atoms with Crippen molar-refractivity contribution >= 4 is 6.29 Å². The number of halogens is 3. The molecule has 0 aliphatic rings. The molecule has 0 amide bonds. The van der Waals surface area contributed by atoms with E-state index in [0.717, 1.165) is 6.07 Å². The van der Waals surface area contributed by atoms with Crippen molar-refractivity contribution in [1.29, 1.82) is 0 Å². The van der Waals surface area contributed by atoms with E-state index in [4.69, 9.17) is 0 Å². The largest absolute Gasteiger partial charge is 0.433 e. The van der Waals surface area contributed by atoms with Crippen molar-refractivity contribution in [2.24, 2.45) is 0 Å². The van der Waals surface area contributed by atoms with Crippen LogP contribution in [0.25, 0.3) is 0 Å². The average molecular weight is 213 g/mol. The predicted octanol–water partition coefficient (Wildman–Crippen LogP) is 2.04. The summed E-state index contributed by atoms with van der Waals surface area (Å²) >= 11 is 0. The van der Waals surface area contributed by atoms with E-state index in [0.29, 0.717) is 6.29 Å². The number of carbonyl (C=O) groups excluding carboxylic acids is 1. The first-order valence-electron chi connectivity index (χ1n) is 4.01. The summed E-state index contributed by atoms with van der Waals surface area (Å²) in [5.41, 5.74) is -0.980. The molecule has 0 aliphatic carbocycles. The minimum absolute atomic E-state index is 0.00618. The van der Waals surface area contributed by atoms with Crippen molar-refractivity contribution in [3.63, 3.8) is 0 Å². The summed E-state index contributed by atoms with van der Waals surface area (Å²) in [7, 11) is 0. The maximum absolute atomic E-state index is 12.2. The monoisotopic (exact) mass is 213 g/mol. The van der Waals surface area contributed by atoms with Crippen molar-refractivity contribution < 1.29 is 18.0 Å². The Morgan fingerprint density at radius 2 is 2.13 bits per heavy atom. The number of carbonyl (C=O) groups is 1. The molecule has 1 heterocycles. The number of nitrogens with zero attached hydrogens (tertiary/aromatic N) is 1. The molecule has 0 aliphatic heterocycles. The Labute approximate surface area is 84.1 Å². The highest BCUT2D eigenvalue weighted by Crippen LogP contribution is 2.27. The summed E-state index contributed by atoms with van der Waals surface area (Å²) < 4.78 is 36.6. The summed E-state index contributed by atoms with van der Waals surface area (Å²) in [6.45, 7) is 0. The first kappa shape index (κ1) is 11.2. The van der Waals surface area contributed by atoms with E-state index in [1.54, 1.807) is 0 Å². The fourth-order valence-corrected chi connectivity index (χ4v) is 0.845. The Bertz CT molecular complexity index is 415. The smallest absolute Gasteiger partial charge is 0.302 e. The third-order valence-corrected chi connectivity index (χ3v) is 1.44. The second-order valence-corrected chi connectivity index (χ2v) is 2.58. The van der Waals surface area contributed by atoms with E-state index >= 15 is 0 Å². The lowest BCUT2D eigenvalue weighted by molar-refractivity contribution is -0.141. The van der Waals surface area contributed by atoms with E-state index in [1.807, 2.05) is 0 Å². The predicted molar refractivity (Wildman–Crippen MR) is 46.8 cm³/mol. The van der Waals surface area contributed by atoms with Crippen LogP contribution in [0.1, 0.15) is 17.8 Å². The molecule has 0 atom stereocenters. The van der Waals surface area contributed by atoms with Gasteiger partial charge in [0.1, 0.15) is 17.7 Å². The second kappa shape index (κ2) is 4.60. The van der Waals surface area contributed by atoms with Gasteiger partial charge < -0.3 is 4.79 Å². The number of aldehydes is 1. The van der Waals surface area contributed by atoms with E-state index in [9.17, 15) is 18.0 Å². The third kappa shape index (κ3) is 3.43. The van der Waals surface area contributed by atoms with Gasteiger partial charge in [-0.05, 0) is 18.1 Å². The first-order chi connectivity index (χ1) is 7.04. The van der Waals surface area contributed by atoms with Gasteiger partial charge in [0.05, 0.1) is 6.42 Å². The van der Waals surface area contributed by atoms with Crippen LogP contribution in [-0.4, -0.2) is 11.3 Å². The summed E-state index contributed by atoms with van der Waals surface area (Å²) in [5, 5.41) is 0. The van der Waals surface area contributed by atoms with Crippen molar-refractivity contribution in [1.82, 2.24) is 4.98 Å². The van der Waals surface area contributed by atoms with Crippen molar-refractivity contribution in [3.8, 4) is 11.8 Å². The number of pyridine rings is 1. The summed E-state index contributed by atoms with van der Waals surface area (Å²) in [6.07, 6.45) is -3.92. The molecule has 1 aromatic heterocycles. The van der Waals surface area contributed by atoms with Gasteiger partial charge in [-0.2, -0.15) is 13.2 Å². The maximum atomic E-state index is 12.2. The molecule has 15 heavy (non-hydrogen) atoms. The van der Waals surface area contributed by atoms with Crippen molar-refractivity contribution in [2.45, 2.75) is 12.6 Å². The minimum atomic E-state index is -4.47. The zero-order valence-corrected chi connectivity index (χ0v) is 7.51. The van der Waals surface area contributed by atoms with E-state index < -0.39 is 11.9 Å². The Morgan fingerprint density at radius 1 is 1.40 bits per heavy atom. The van der Waals surface area contributed by atoms with Crippen LogP contribution in [0.4, 0.5) is 13.2 Å². The van der Waals surface area contributed by atoms with E-state index in [1.165, 1.54) is 12.1 Å². The Kier molecular flexibility index (Phi) is 3.45. The molecule has 2 nitrogen and oxygen atoms in total. The van der Waals surface area contributed by atoms with Gasteiger partial charge in [0.15, 0.2) is 0 Å². The Morgan fingerprint density at radius 3 is 2.73 bits per heavy atom. The van der Waals surface area contributed by atoms with Gasteiger partial charge in [-0.1, -0.05) is 12.0 Å². The molecule has 0 fully saturated rings. The number of hydrogen-bond donors (Lipinski definition) is 0. The molecule has 0 aromatic carbocycles. The van der Waals surface area contributed by atoms with E-state index in [-0.39, 0.29) is 12.1 Å². The average Bonchev–Trinajstić information content (AvgIpc) is 2.17. The lowest BCUT2D eigenvalue weighted by Gasteiger charge is -2.04. The molecule has 0 saturated heterocycles. The normalized spacial score (nSPS) is 10.3.